The summed E-state index contributed by atoms with van der Waals surface area (Å²) in [4.78, 5) is 14.4. The lowest BCUT2D eigenvalue weighted by Crippen LogP contribution is -2.57. The van der Waals surface area contributed by atoms with Gasteiger partial charge in [0.2, 0.25) is 5.91 Å². The fraction of sp³-hybridized carbons (Fsp3) is 0.533. The molecule has 130 valence electrons. The molecule has 23 heavy (non-hydrogen) atoms. The molecule has 1 N–H and O–H groups in total. The molecule has 0 bridgehead atoms. The molecule has 1 fully saturated rings. The lowest BCUT2D eigenvalue weighted by molar-refractivity contribution is -0.134. The standard InChI is InChI=1S/C15H21BrN2O3S.ClH/c1-18(11-12-4-3-5-13(16)10-12)14(19)15(22(2,20)21)6-8-17-9-7-15;/h3-5,10,17H,6-9,11H2,1-2H3;1H. The lowest BCUT2D eigenvalue weighted by atomic mass is 9.95. The molecular formula is C15H22BrClN2O3S. The number of nitrogens with one attached hydrogen (secondary N) is 1. The number of nitrogens with zero attached hydrogens (tertiary/aromatic N) is 1. The van der Waals surface area contributed by atoms with E-state index in [4.69, 9.17) is 0 Å². The fourth-order valence-electron chi connectivity index (χ4n) is 2.90. The van der Waals surface area contributed by atoms with Gasteiger partial charge in [0.1, 0.15) is 0 Å². The number of benzene rings is 1. The minimum atomic E-state index is -3.47. The van der Waals surface area contributed by atoms with Crippen LogP contribution < -0.4 is 5.32 Å². The molecule has 1 aromatic carbocycles. The van der Waals surface area contributed by atoms with Crippen LogP contribution in [0.15, 0.2) is 28.7 Å². The van der Waals surface area contributed by atoms with Crippen molar-refractivity contribution >= 4 is 44.1 Å². The van der Waals surface area contributed by atoms with Crippen LogP contribution in [-0.2, 0) is 21.2 Å². The van der Waals surface area contributed by atoms with Gasteiger partial charge >= 0.3 is 0 Å². The van der Waals surface area contributed by atoms with Gasteiger partial charge in [0.05, 0.1) is 0 Å². The Bertz CT molecular complexity index is 660. The second-order valence-electron chi connectivity index (χ2n) is 5.81. The smallest absolute Gasteiger partial charge is 0.244 e. The number of rotatable bonds is 4. The molecule has 0 radical (unpaired) electrons. The number of amides is 1. The number of piperidine rings is 1. The average Bonchev–Trinajstić information content (AvgIpc) is 2.46. The predicted molar refractivity (Wildman–Crippen MR) is 97.5 cm³/mol. The summed E-state index contributed by atoms with van der Waals surface area (Å²) in [6.07, 6.45) is 1.82. The zero-order valence-corrected chi connectivity index (χ0v) is 16.4. The van der Waals surface area contributed by atoms with Crippen molar-refractivity contribution in [3.8, 4) is 0 Å². The molecule has 1 saturated heterocycles. The Labute approximate surface area is 152 Å². The van der Waals surface area contributed by atoms with Crippen molar-refractivity contribution in [2.45, 2.75) is 24.1 Å². The van der Waals surface area contributed by atoms with Crippen molar-refractivity contribution in [3.63, 3.8) is 0 Å². The van der Waals surface area contributed by atoms with E-state index < -0.39 is 14.6 Å². The third-order valence-corrected chi connectivity index (χ3v) is 6.66. The Morgan fingerprint density at radius 1 is 1.35 bits per heavy atom. The minimum absolute atomic E-state index is 0. The van der Waals surface area contributed by atoms with Crippen molar-refractivity contribution in [2.75, 3.05) is 26.4 Å². The molecule has 0 unspecified atom stereocenters. The third-order valence-electron chi connectivity index (χ3n) is 4.17. The number of carbonyl (C=O) groups excluding carboxylic acids is 1. The maximum absolute atomic E-state index is 12.9. The van der Waals surface area contributed by atoms with E-state index >= 15 is 0 Å². The summed E-state index contributed by atoms with van der Waals surface area (Å²) in [5, 5.41) is 3.12. The van der Waals surface area contributed by atoms with E-state index in [1.54, 1.807) is 7.05 Å². The van der Waals surface area contributed by atoms with Crippen LogP contribution in [0.2, 0.25) is 0 Å². The highest BCUT2D eigenvalue weighted by Crippen LogP contribution is 2.30. The Hall–Kier alpha value is -0.630. The first-order valence-corrected chi connectivity index (χ1v) is 9.85. The zero-order chi connectivity index (χ0) is 16.4. The first-order chi connectivity index (χ1) is 10.3. The predicted octanol–water partition coefficient (Wildman–Crippen LogP) is 2.00. The van der Waals surface area contributed by atoms with Gasteiger partial charge in [-0.1, -0.05) is 28.1 Å². The van der Waals surface area contributed by atoms with Gasteiger partial charge in [-0.25, -0.2) is 8.42 Å². The number of hydrogen-bond donors (Lipinski definition) is 1. The van der Waals surface area contributed by atoms with Crippen molar-refractivity contribution in [2.24, 2.45) is 0 Å². The van der Waals surface area contributed by atoms with Crippen LogP contribution in [-0.4, -0.2) is 50.4 Å². The third kappa shape index (κ3) is 4.47. The topological polar surface area (TPSA) is 66.5 Å². The van der Waals surface area contributed by atoms with Gasteiger partial charge in [-0.05, 0) is 43.6 Å². The number of hydrogen-bond acceptors (Lipinski definition) is 4. The van der Waals surface area contributed by atoms with Gasteiger partial charge in [0.25, 0.3) is 0 Å². The van der Waals surface area contributed by atoms with Gasteiger partial charge in [-0.2, -0.15) is 0 Å². The molecule has 1 aliphatic heterocycles. The normalized spacial score (nSPS) is 17.2. The first-order valence-electron chi connectivity index (χ1n) is 7.16. The van der Waals surface area contributed by atoms with Crippen LogP contribution >= 0.6 is 28.3 Å². The quantitative estimate of drug-likeness (QED) is 0.801. The van der Waals surface area contributed by atoms with E-state index in [2.05, 4.69) is 21.2 Å². The van der Waals surface area contributed by atoms with Crippen LogP contribution in [0, 0.1) is 0 Å². The molecule has 0 spiro atoms. The van der Waals surface area contributed by atoms with E-state index in [0.717, 1.165) is 10.0 Å². The molecule has 1 amide bonds. The van der Waals surface area contributed by atoms with E-state index in [1.807, 2.05) is 24.3 Å². The zero-order valence-electron chi connectivity index (χ0n) is 13.2. The Morgan fingerprint density at radius 3 is 2.48 bits per heavy atom. The molecule has 1 aromatic rings. The number of halogens is 2. The van der Waals surface area contributed by atoms with E-state index in [9.17, 15) is 13.2 Å². The molecule has 5 nitrogen and oxygen atoms in total. The van der Waals surface area contributed by atoms with Crippen LogP contribution in [0.4, 0.5) is 0 Å². The number of sulfone groups is 1. The van der Waals surface area contributed by atoms with Crippen LogP contribution in [0.5, 0.6) is 0 Å². The Kier molecular flexibility index (Phi) is 7.07. The van der Waals surface area contributed by atoms with Crippen LogP contribution in [0.3, 0.4) is 0 Å². The SMILES string of the molecule is CN(Cc1cccc(Br)c1)C(=O)C1(S(C)(=O)=O)CCNCC1.Cl. The van der Waals surface area contributed by atoms with E-state index in [1.165, 1.54) is 11.2 Å². The summed E-state index contributed by atoms with van der Waals surface area (Å²) in [5.41, 5.74) is 0.961. The van der Waals surface area contributed by atoms with E-state index in [-0.39, 0.29) is 18.3 Å². The molecule has 0 aromatic heterocycles. The second kappa shape index (κ2) is 7.96. The van der Waals surface area contributed by atoms with Crippen molar-refractivity contribution in [3.05, 3.63) is 34.3 Å². The molecule has 1 heterocycles. The maximum Gasteiger partial charge on any atom is 0.244 e. The highest BCUT2D eigenvalue weighted by Gasteiger charge is 2.49. The Morgan fingerprint density at radius 2 is 1.96 bits per heavy atom. The summed E-state index contributed by atoms with van der Waals surface area (Å²) < 4.78 is 24.2. The average molecular weight is 426 g/mol. The molecule has 1 aliphatic rings. The van der Waals surface area contributed by atoms with Crippen molar-refractivity contribution in [1.29, 1.82) is 0 Å². The molecule has 0 aliphatic carbocycles. The lowest BCUT2D eigenvalue weighted by Gasteiger charge is -2.37. The van der Waals surface area contributed by atoms with Gasteiger partial charge in [-0.3, -0.25) is 4.79 Å². The van der Waals surface area contributed by atoms with Gasteiger partial charge < -0.3 is 10.2 Å². The van der Waals surface area contributed by atoms with Crippen molar-refractivity contribution in [1.82, 2.24) is 10.2 Å². The Balaban J connectivity index is 0.00000264. The van der Waals surface area contributed by atoms with Crippen LogP contribution in [0.25, 0.3) is 0 Å². The summed E-state index contributed by atoms with van der Waals surface area (Å²) in [5.74, 6) is -0.309. The molecule has 8 heteroatoms. The fourth-order valence-corrected chi connectivity index (χ4v) is 4.77. The van der Waals surface area contributed by atoms with Gasteiger partial charge in [0, 0.05) is 24.3 Å². The molecule has 2 rings (SSSR count). The largest absolute Gasteiger partial charge is 0.340 e. The summed E-state index contributed by atoms with van der Waals surface area (Å²) in [6, 6.07) is 7.66. The monoisotopic (exact) mass is 424 g/mol. The van der Waals surface area contributed by atoms with E-state index in [0.29, 0.717) is 32.5 Å². The van der Waals surface area contributed by atoms with Crippen molar-refractivity contribution < 1.29 is 13.2 Å². The van der Waals surface area contributed by atoms with Crippen LogP contribution in [0.1, 0.15) is 18.4 Å². The number of carbonyl (C=O) groups is 1. The molecular weight excluding hydrogens is 404 g/mol. The summed E-state index contributed by atoms with van der Waals surface area (Å²) in [6.45, 7) is 1.48. The minimum Gasteiger partial charge on any atom is -0.340 e. The van der Waals surface area contributed by atoms with Gasteiger partial charge in [-0.15, -0.1) is 12.4 Å². The first kappa shape index (κ1) is 20.4. The summed E-state index contributed by atoms with van der Waals surface area (Å²) in [7, 11) is -1.81. The second-order valence-corrected chi connectivity index (χ2v) is 9.05. The highest BCUT2D eigenvalue weighted by molar-refractivity contribution is 9.10. The molecule has 0 atom stereocenters. The summed E-state index contributed by atoms with van der Waals surface area (Å²) >= 11 is 3.40. The van der Waals surface area contributed by atoms with Gasteiger partial charge in [0.15, 0.2) is 14.6 Å². The highest BCUT2D eigenvalue weighted by atomic mass is 79.9. The maximum atomic E-state index is 12.9. The molecule has 0 saturated carbocycles.